The molecular weight excluding hydrogens is 343 g/mol. The van der Waals surface area contributed by atoms with Crippen molar-refractivity contribution in [3.05, 3.63) is 32.9 Å². The average Bonchev–Trinajstić information content (AvgIpc) is 2.34. The van der Waals surface area contributed by atoms with Crippen molar-refractivity contribution >= 4 is 28.5 Å². The minimum atomic E-state index is -0.820. The molecule has 0 aliphatic carbocycles. The lowest BCUT2D eigenvalue weighted by Gasteiger charge is -2.27. The highest BCUT2D eigenvalue weighted by Crippen LogP contribution is 2.18. The molecule has 1 fully saturated rings. The Labute approximate surface area is 111 Å². The molecule has 1 aliphatic rings. The fourth-order valence-electron chi connectivity index (χ4n) is 1.62. The van der Waals surface area contributed by atoms with Crippen LogP contribution in [0, 0.1) is 15.2 Å². The van der Waals surface area contributed by atoms with Gasteiger partial charge in [-0.1, -0.05) is 0 Å². The van der Waals surface area contributed by atoms with Gasteiger partial charge in [-0.05, 0) is 28.7 Å². The molecule has 0 bridgehead atoms. The number of morpholine rings is 1. The molecule has 17 heavy (non-hydrogen) atoms. The molecular formula is C11H10F2INO2. The van der Waals surface area contributed by atoms with E-state index in [-0.39, 0.29) is 9.13 Å². The normalized spacial score (nSPS) is 16.1. The van der Waals surface area contributed by atoms with Gasteiger partial charge in [0.05, 0.1) is 18.8 Å². The fourth-order valence-corrected chi connectivity index (χ4v) is 2.09. The van der Waals surface area contributed by atoms with Crippen molar-refractivity contribution in [2.24, 2.45) is 0 Å². The molecule has 0 spiro atoms. The van der Waals surface area contributed by atoms with Crippen LogP contribution in [0.2, 0.25) is 0 Å². The van der Waals surface area contributed by atoms with Crippen LogP contribution in [-0.2, 0) is 4.74 Å². The summed E-state index contributed by atoms with van der Waals surface area (Å²) < 4.78 is 31.9. The quantitative estimate of drug-likeness (QED) is 0.571. The molecule has 1 saturated heterocycles. The minimum Gasteiger partial charge on any atom is -0.378 e. The van der Waals surface area contributed by atoms with Gasteiger partial charge in [0.25, 0.3) is 5.91 Å². The van der Waals surface area contributed by atoms with E-state index in [2.05, 4.69) is 0 Å². The average molecular weight is 353 g/mol. The second kappa shape index (κ2) is 5.26. The maximum Gasteiger partial charge on any atom is 0.257 e. The van der Waals surface area contributed by atoms with E-state index in [0.29, 0.717) is 26.3 Å². The first-order valence-electron chi connectivity index (χ1n) is 5.11. The molecule has 1 aromatic rings. The van der Waals surface area contributed by atoms with Crippen LogP contribution in [0.5, 0.6) is 0 Å². The van der Waals surface area contributed by atoms with E-state index in [9.17, 15) is 13.6 Å². The van der Waals surface area contributed by atoms with E-state index in [1.54, 1.807) is 22.6 Å². The van der Waals surface area contributed by atoms with Gasteiger partial charge < -0.3 is 9.64 Å². The Kier molecular flexibility index (Phi) is 3.93. The lowest BCUT2D eigenvalue weighted by Crippen LogP contribution is -2.41. The fraction of sp³-hybridized carbons (Fsp3) is 0.364. The van der Waals surface area contributed by atoms with Gasteiger partial charge in [0, 0.05) is 22.7 Å². The number of nitrogens with zero attached hydrogens (tertiary/aromatic N) is 1. The second-order valence-electron chi connectivity index (χ2n) is 3.65. The zero-order valence-electron chi connectivity index (χ0n) is 8.88. The number of hydrogen-bond acceptors (Lipinski definition) is 2. The van der Waals surface area contributed by atoms with E-state index in [0.717, 1.165) is 6.07 Å². The lowest BCUT2D eigenvalue weighted by molar-refractivity contribution is 0.0299. The van der Waals surface area contributed by atoms with E-state index in [1.807, 2.05) is 0 Å². The van der Waals surface area contributed by atoms with Gasteiger partial charge in [-0.2, -0.15) is 0 Å². The van der Waals surface area contributed by atoms with Gasteiger partial charge in [0.1, 0.15) is 11.6 Å². The van der Waals surface area contributed by atoms with Gasteiger partial charge in [0.2, 0.25) is 0 Å². The van der Waals surface area contributed by atoms with Crippen molar-refractivity contribution in [2.45, 2.75) is 0 Å². The summed E-state index contributed by atoms with van der Waals surface area (Å²) in [6.07, 6.45) is 0. The summed E-state index contributed by atoms with van der Waals surface area (Å²) in [5.74, 6) is -1.88. The molecule has 92 valence electrons. The third-order valence-electron chi connectivity index (χ3n) is 2.54. The number of ether oxygens (including phenoxy) is 1. The summed E-state index contributed by atoms with van der Waals surface area (Å²) in [6, 6.07) is 1.98. The Hall–Kier alpha value is -0.760. The summed E-state index contributed by atoms with van der Waals surface area (Å²) in [5.41, 5.74) is -0.0855. The van der Waals surface area contributed by atoms with Gasteiger partial charge in [-0.3, -0.25) is 4.79 Å². The largest absolute Gasteiger partial charge is 0.378 e. The predicted octanol–water partition coefficient (Wildman–Crippen LogP) is 2.04. The Bertz CT molecular complexity index is 447. The Morgan fingerprint density at radius 2 is 1.88 bits per heavy atom. The topological polar surface area (TPSA) is 29.5 Å². The molecule has 0 N–H and O–H groups in total. The first kappa shape index (κ1) is 12.7. The summed E-state index contributed by atoms with van der Waals surface area (Å²) >= 11 is 1.73. The zero-order chi connectivity index (χ0) is 12.4. The van der Waals surface area contributed by atoms with Crippen molar-refractivity contribution in [2.75, 3.05) is 26.3 Å². The minimum absolute atomic E-state index is 0.0855. The van der Waals surface area contributed by atoms with Gasteiger partial charge >= 0.3 is 0 Å². The van der Waals surface area contributed by atoms with Crippen molar-refractivity contribution in [1.82, 2.24) is 4.90 Å². The zero-order valence-corrected chi connectivity index (χ0v) is 11.0. The van der Waals surface area contributed by atoms with E-state index in [4.69, 9.17) is 4.74 Å². The highest BCUT2D eigenvalue weighted by atomic mass is 127. The molecule has 1 aromatic carbocycles. The molecule has 1 amide bonds. The van der Waals surface area contributed by atoms with Crippen molar-refractivity contribution in [3.63, 3.8) is 0 Å². The first-order chi connectivity index (χ1) is 8.09. The number of rotatable bonds is 1. The number of amides is 1. The van der Waals surface area contributed by atoms with Crippen molar-refractivity contribution in [3.8, 4) is 0 Å². The summed E-state index contributed by atoms with van der Waals surface area (Å²) in [7, 11) is 0. The third kappa shape index (κ3) is 2.74. The van der Waals surface area contributed by atoms with Gasteiger partial charge in [-0.15, -0.1) is 0 Å². The van der Waals surface area contributed by atoms with E-state index >= 15 is 0 Å². The monoisotopic (exact) mass is 353 g/mol. The van der Waals surface area contributed by atoms with Crippen molar-refractivity contribution < 1.29 is 18.3 Å². The molecule has 0 unspecified atom stereocenters. The predicted molar refractivity (Wildman–Crippen MR) is 65.8 cm³/mol. The standard InChI is InChI=1S/C11H10F2INO2/c12-8-6-9(13)10(14)5-7(8)11(16)15-1-3-17-4-2-15/h5-6H,1-4H2. The molecule has 0 aromatic heterocycles. The van der Waals surface area contributed by atoms with Crippen LogP contribution in [0.3, 0.4) is 0 Å². The Morgan fingerprint density at radius 3 is 2.53 bits per heavy atom. The molecule has 2 rings (SSSR count). The molecule has 0 radical (unpaired) electrons. The summed E-state index contributed by atoms with van der Waals surface area (Å²) in [6.45, 7) is 1.77. The first-order valence-corrected chi connectivity index (χ1v) is 6.19. The van der Waals surface area contributed by atoms with Crippen LogP contribution in [0.4, 0.5) is 8.78 Å². The van der Waals surface area contributed by atoms with Gasteiger partial charge in [-0.25, -0.2) is 8.78 Å². The SMILES string of the molecule is O=C(c1cc(I)c(F)cc1F)N1CCOCC1. The number of carbonyl (C=O) groups is 1. The van der Waals surface area contributed by atoms with E-state index < -0.39 is 17.5 Å². The van der Waals surface area contributed by atoms with Crippen LogP contribution >= 0.6 is 22.6 Å². The van der Waals surface area contributed by atoms with Crippen LogP contribution < -0.4 is 0 Å². The van der Waals surface area contributed by atoms with Crippen LogP contribution in [-0.4, -0.2) is 37.1 Å². The highest BCUT2D eigenvalue weighted by Gasteiger charge is 2.22. The highest BCUT2D eigenvalue weighted by molar-refractivity contribution is 14.1. The van der Waals surface area contributed by atoms with Crippen LogP contribution in [0.1, 0.15) is 10.4 Å². The molecule has 0 saturated carbocycles. The van der Waals surface area contributed by atoms with Crippen LogP contribution in [0.25, 0.3) is 0 Å². The number of benzene rings is 1. The number of hydrogen-bond donors (Lipinski definition) is 0. The molecule has 3 nitrogen and oxygen atoms in total. The molecule has 0 atom stereocenters. The van der Waals surface area contributed by atoms with E-state index in [1.165, 1.54) is 11.0 Å². The van der Waals surface area contributed by atoms with Crippen LogP contribution in [0.15, 0.2) is 12.1 Å². The van der Waals surface area contributed by atoms with Gasteiger partial charge in [0.15, 0.2) is 0 Å². The Morgan fingerprint density at radius 1 is 1.24 bits per heavy atom. The summed E-state index contributed by atoms with van der Waals surface area (Å²) in [5, 5.41) is 0. The Balaban J connectivity index is 2.26. The maximum absolute atomic E-state index is 13.5. The third-order valence-corrected chi connectivity index (χ3v) is 3.37. The maximum atomic E-state index is 13.5. The van der Waals surface area contributed by atoms with Crippen molar-refractivity contribution in [1.29, 1.82) is 0 Å². The molecule has 6 heteroatoms. The second-order valence-corrected chi connectivity index (χ2v) is 4.81. The number of carbonyl (C=O) groups excluding carboxylic acids is 1. The lowest BCUT2D eigenvalue weighted by atomic mass is 10.1. The molecule has 1 heterocycles. The smallest absolute Gasteiger partial charge is 0.257 e. The number of halogens is 3. The summed E-state index contributed by atoms with van der Waals surface area (Å²) in [4.78, 5) is 13.5. The molecule has 1 aliphatic heterocycles.